The van der Waals surface area contributed by atoms with Crippen molar-refractivity contribution in [2.45, 2.75) is 34.6 Å². The highest BCUT2D eigenvalue weighted by molar-refractivity contribution is 7.18. The van der Waals surface area contributed by atoms with Crippen LogP contribution in [0.4, 0.5) is 10.7 Å². The number of aromatic nitrogens is 2. The van der Waals surface area contributed by atoms with E-state index in [4.69, 9.17) is 4.42 Å². The van der Waals surface area contributed by atoms with Gasteiger partial charge in [0.25, 0.3) is 5.91 Å². The van der Waals surface area contributed by atoms with Crippen molar-refractivity contribution in [3.05, 3.63) is 46.7 Å². The van der Waals surface area contributed by atoms with Crippen LogP contribution in [-0.4, -0.2) is 22.0 Å². The maximum Gasteiger partial charge on any atom is 0.266 e. The average molecular weight is 398 g/mol. The molecule has 0 saturated heterocycles. The van der Waals surface area contributed by atoms with Gasteiger partial charge >= 0.3 is 0 Å². The Kier molecular flexibility index (Phi) is 5.33. The molecule has 2 amide bonds. The first kappa shape index (κ1) is 19.8. The monoisotopic (exact) mass is 398 g/mol. The third-order valence-corrected chi connectivity index (χ3v) is 5.29. The summed E-state index contributed by atoms with van der Waals surface area (Å²) in [4.78, 5) is 25.5. The zero-order chi connectivity index (χ0) is 20.5. The van der Waals surface area contributed by atoms with E-state index in [-0.39, 0.29) is 11.8 Å². The summed E-state index contributed by atoms with van der Waals surface area (Å²) in [6.45, 7) is 9.28. The highest BCUT2D eigenvalue weighted by Crippen LogP contribution is 2.30. The molecule has 8 heteroatoms. The number of hydrogen-bond donors (Lipinski definition) is 2. The summed E-state index contributed by atoms with van der Waals surface area (Å²) in [7, 11) is 0. The molecule has 0 saturated carbocycles. The third kappa shape index (κ3) is 4.28. The van der Waals surface area contributed by atoms with Crippen molar-refractivity contribution in [1.29, 1.82) is 0 Å². The van der Waals surface area contributed by atoms with Gasteiger partial charge in [-0.2, -0.15) is 0 Å². The Labute approximate surface area is 167 Å². The van der Waals surface area contributed by atoms with E-state index in [0.29, 0.717) is 21.5 Å². The highest BCUT2D eigenvalue weighted by atomic mass is 32.1. The molecule has 7 nitrogen and oxygen atoms in total. The van der Waals surface area contributed by atoms with E-state index >= 15 is 0 Å². The van der Waals surface area contributed by atoms with Gasteiger partial charge in [-0.3, -0.25) is 9.59 Å². The number of anilines is 2. The van der Waals surface area contributed by atoms with Crippen molar-refractivity contribution >= 4 is 33.8 Å². The number of nitrogens with one attached hydrogen (secondary N) is 2. The second kappa shape index (κ2) is 7.55. The van der Waals surface area contributed by atoms with Gasteiger partial charge in [0.15, 0.2) is 0 Å². The minimum absolute atomic E-state index is 0.0937. The van der Waals surface area contributed by atoms with Gasteiger partial charge < -0.3 is 15.1 Å². The van der Waals surface area contributed by atoms with Crippen LogP contribution in [0.2, 0.25) is 0 Å². The molecule has 0 fully saturated rings. The second-order valence-corrected chi connectivity index (χ2v) is 8.61. The van der Waals surface area contributed by atoms with Gasteiger partial charge in [-0.25, -0.2) is 0 Å². The number of nitrogens with zero attached hydrogens (tertiary/aromatic N) is 2. The summed E-state index contributed by atoms with van der Waals surface area (Å²) < 4.78 is 5.22. The van der Waals surface area contributed by atoms with Gasteiger partial charge in [-0.05, 0) is 43.2 Å². The Balaban J connectivity index is 1.80. The average Bonchev–Trinajstić information content (AvgIpc) is 3.26. The second-order valence-electron chi connectivity index (χ2n) is 7.55. The van der Waals surface area contributed by atoms with Crippen LogP contribution in [-0.2, 0) is 4.79 Å². The minimum Gasteiger partial charge on any atom is -0.423 e. The zero-order valence-corrected chi connectivity index (χ0v) is 17.2. The zero-order valence-electron chi connectivity index (χ0n) is 16.4. The van der Waals surface area contributed by atoms with Crippen molar-refractivity contribution in [2.24, 2.45) is 5.41 Å². The first-order valence-electron chi connectivity index (χ1n) is 8.75. The normalized spacial score (nSPS) is 11.3. The maximum atomic E-state index is 12.8. The summed E-state index contributed by atoms with van der Waals surface area (Å²) in [6.07, 6.45) is 1.26. The van der Waals surface area contributed by atoms with Crippen molar-refractivity contribution in [2.75, 3.05) is 10.6 Å². The molecule has 0 bridgehead atoms. The molecule has 0 spiro atoms. The fraction of sp³-hybridized carbons (Fsp3) is 0.300. The Morgan fingerprint density at radius 2 is 1.82 bits per heavy atom. The Morgan fingerprint density at radius 3 is 2.46 bits per heavy atom. The number of thiophene rings is 1. The summed E-state index contributed by atoms with van der Waals surface area (Å²) in [5.74, 6) is 0.0586. The maximum absolute atomic E-state index is 12.8. The fourth-order valence-electron chi connectivity index (χ4n) is 2.44. The molecule has 1 aromatic carbocycles. The third-order valence-electron chi connectivity index (χ3n) is 4.13. The SMILES string of the molecule is Cc1ccc(-c2nnco2)cc1NC(=O)c1sc(NC(=O)C(C)(C)C)cc1C. The lowest BCUT2D eigenvalue weighted by Crippen LogP contribution is -2.27. The number of benzene rings is 1. The lowest BCUT2D eigenvalue weighted by molar-refractivity contribution is -0.123. The van der Waals surface area contributed by atoms with Crippen molar-refractivity contribution < 1.29 is 14.0 Å². The van der Waals surface area contributed by atoms with E-state index in [1.54, 1.807) is 6.07 Å². The number of carbonyl (C=O) groups is 2. The van der Waals surface area contributed by atoms with Gasteiger partial charge in [0.1, 0.15) is 0 Å². The lowest BCUT2D eigenvalue weighted by atomic mass is 9.96. The number of amides is 2. The summed E-state index contributed by atoms with van der Waals surface area (Å²) in [5.41, 5.74) is 2.59. The number of carbonyl (C=O) groups excluding carboxylic acids is 2. The van der Waals surface area contributed by atoms with Gasteiger partial charge in [0.2, 0.25) is 18.2 Å². The summed E-state index contributed by atoms with van der Waals surface area (Å²) >= 11 is 1.25. The molecular weight excluding hydrogens is 376 g/mol. The molecule has 0 aliphatic heterocycles. The van der Waals surface area contributed by atoms with Crippen LogP contribution in [0, 0.1) is 19.3 Å². The molecule has 0 aliphatic rings. The topological polar surface area (TPSA) is 97.1 Å². The van der Waals surface area contributed by atoms with Crippen LogP contribution in [0.1, 0.15) is 41.6 Å². The minimum atomic E-state index is -0.507. The Bertz CT molecular complexity index is 1020. The van der Waals surface area contributed by atoms with Gasteiger partial charge in [-0.15, -0.1) is 21.5 Å². The van der Waals surface area contributed by atoms with Crippen LogP contribution in [0.15, 0.2) is 35.1 Å². The molecule has 0 atom stereocenters. The van der Waals surface area contributed by atoms with Crippen molar-refractivity contribution in [3.63, 3.8) is 0 Å². The van der Waals surface area contributed by atoms with Gasteiger partial charge in [0.05, 0.1) is 9.88 Å². The molecule has 28 heavy (non-hydrogen) atoms. The van der Waals surface area contributed by atoms with Crippen LogP contribution in [0.5, 0.6) is 0 Å². The van der Waals surface area contributed by atoms with Crippen LogP contribution in [0.25, 0.3) is 11.5 Å². The van der Waals surface area contributed by atoms with Gasteiger partial charge in [0, 0.05) is 16.7 Å². The molecule has 3 rings (SSSR count). The predicted molar refractivity (Wildman–Crippen MR) is 110 cm³/mol. The molecule has 2 N–H and O–H groups in total. The Hall–Kier alpha value is -3.00. The molecule has 0 radical (unpaired) electrons. The van der Waals surface area contributed by atoms with E-state index in [1.807, 2.05) is 52.8 Å². The quantitative estimate of drug-likeness (QED) is 0.667. The molecule has 146 valence electrons. The first-order valence-corrected chi connectivity index (χ1v) is 9.57. The van der Waals surface area contributed by atoms with Crippen LogP contribution >= 0.6 is 11.3 Å². The lowest BCUT2D eigenvalue weighted by Gasteiger charge is -2.16. The number of aryl methyl sites for hydroxylation is 2. The molecule has 2 aromatic heterocycles. The van der Waals surface area contributed by atoms with Crippen molar-refractivity contribution in [3.8, 4) is 11.5 Å². The molecule has 3 aromatic rings. The van der Waals surface area contributed by atoms with E-state index in [1.165, 1.54) is 17.7 Å². The van der Waals surface area contributed by atoms with Gasteiger partial charge in [-0.1, -0.05) is 26.8 Å². The summed E-state index contributed by atoms with van der Waals surface area (Å²) in [6, 6.07) is 7.34. The van der Waals surface area contributed by atoms with Crippen LogP contribution < -0.4 is 10.6 Å². The number of rotatable bonds is 4. The van der Waals surface area contributed by atoms with E-state index in [2.05, 4.69) is 20.8 Å². The van der Waals surface area contributed by atoms with Crippen molar-refractivity contribution in [1.82, 2.24) is 10.2 Å². The number of hydrogen-bond acceptors (Lipinski definition) is 6. The molecular formula is C20H22N4O3S. The largest absolute Gasteiger partial charge is 0.423 e. The molecule has 0 aliphatic carbocycles. The first-order chi connectivity index (χ1) is 13.1. The predicted octanol–water partition coefficient (Wildman–Crippen LogP) is 4.65. The summed E-state index contributed by atoms with van der Waals surface area (Å²) in [5, 5.41) is 14.0. The van der Waals surface area contributed by atoms with E-state index in [9.17, 15) is 9.59 Å². The Morgan fingerprint density at radius 1 is 1.07 bits per heavy atom. The smallest absolute Gasteiger partial charge is 0.266 e. The standard InChI is InChI=1S/C20H22N4O3S/c1-11-6-7-13(18-24-21-10-27-18)9-14(11)22-17(25)16-12(2)8-15(28-16)23-19(26)20(3,4)5/h6-10H,1-5H3,(H,22,25)(H,23,26). The molecule has 0 unspecified atom stereocenters. The van der Waals surface area contributed by atoms with Crippen LogP contribution in [0.3, 0.4) is 0 Å². The van der Waals surface area contributed by atoms with E-state index < -0.39 is 5.41 Å². The molecule has 2 heterocycles. The van der Waals surface area contributed by atoms with E-state index in [0.717, 1.165) is 16.7 Å². The fourth-order valence-corrected chi connectivity index (χ4v) is 3.40. The highest BCUT2D eigenvalue weighted by Gasteiger charge is 2.23.